The van der Waals surface area contributed by atoms with Gasteiger partial charge in [-0.05, 0) is 74.8 Å². The Morgan fingerprint density at radius 1 is 1.17 bits per heavy atom. The Balaban J connectivity index is 1.32. The molecule has 0 radical (unpaired) electrons. The molecule has 2 aromatic rings. The minimum atomic E-state index is -0.113. The average Bonchev–Trinajstić information content (AvgIpc) is 2.70. The lowest BCUT2D eigenvalue weighted by Crippen LogP contribution is -2.60. The molecule has 1 heterocycles. The van der Waals surface area contributed by atoms with Gasteiger partial charge in [0.15, 0.2) is 5.16 Å². The van der Waals surface area contributed by atoms with Crippen LogP contribution in [-0.2, 0) is 11.3 Å². The van der Waals surface area contributed by atoms with Crippen LogP contribution in [0.3, 0.4) is 0 Å². The lowest BCUT2D eigenvalue weighted by molar-refractivity contribution is -0.124. The molecule has 4 fully saturated rings. The predicted octanol–water partition coefficient (Wildman–Crippen LogP) is 2.96. The summed E-state index contributed by atoms with van der Waals surface area (Å²) in [5.41, 5.74) is 0.532. The molecule has 0 spiro atoms. The van der Waals surface area contributed by atoms with Crippen LogP contribution in [0.5, 0.6) is 0 Å². The minimum Gasteiger partial charge on any atom is -0.396 e. The van der Waals surface area contributed by atoms with E-state index in [1.807, 2.05) is 18.2 Å². The number of para-hydroxylation sites is 1. The number of thioether (sulfide) groups is 1. The Morgan fingerprint density at radius 2 is 1.83 bits per heavy atom. The van der Waals surface area contributed by atoms with Crippen LogP contribution in [0.2, 0.25) is 0 Å². The van der Waals surface area contributed by atoms with Crippen molar-refractivity contribution in [2.24, 2.45) is 17.8 Å². The molecule has 0 atom stereocenters. The van der Waals surface area contributed by atoms with E-state index in [-0.39, 0.29) is 29.4 Å². The molecule has 6 nitrogen and oxygen atoms in total. The number of aliphatic hydroxyl groups excluding tert-OH is 1. The third-order valence-electron chi connectivity index (χ3n) is 7.14. The van der Waals surface area contributed by atoms with E-state index in [0.29, 0.717) is 29.0 Å². The number of rotatable bonds is 7. The Morgan fingerprint density at radius 3 is 2.50 bits per heavy atom. The number of nitrogens with one attached hydrogen (secondary N) is 1. The van der Waals surface area contributed by atoms with Crippen molar-refractivity contribution in [3.63, 3.8) is 0 Å². The van der Waals surface area contributed by atoms with Gasteiger partial charge in [0.1, 0.15) is 0 Å². The van der Waals surface area contributed by atoms with Gasteiger partial charge in [0.25, 0.3) is 5.56 Å². The molecule has 4 saturated carbocycles. The molecule has 1 amide bonds. The number of fused-ring (bicyclic) bond motifs is 1. The summed E-state index contributed by atoms with van der Waals surface area (Å²) in [7, 11) is 0. The molecule has 1 aromatic heterocycles. The van der Waals surface area contributed by atoms with Crippen molar-refractivity contribution in [1.29, 1.82) is 0 Å². The molecule has 0 aliphatic heterocycles. The molecular formula is C23H29N3O3S. The number of aliphatic hydroxyl groups is 1. The SMILES string of the molecule is O=C(CSc1nc2ccccc2c(=O)n1CCCO)NC12CC3CC(CC(C3)C1)C2. The van der Waals surface area contributed by atoms with E-state index in [9.17, 15) is 14.7 Å². The Kier molecular flexibility index (Phi) is 5.35. The zero-order valence-corrected chi connectivity index (χ0v) is 18.0. The molecule has 30 heavy (non-hydrogen) atoms. The zero-order valence-electron chi connectivity index (χ0n) is 17.2. The van der Waals surface area contributed by atoms with E-state index in [0.717, 1.165) is 37.0 Å². The lowest BCUT2D eigenvalue weighted by atomic mass is 9.53. The van der Waals surface area contributed by atoms with Crippen LogP contribution in [0.4, 0.5) is 0 Å². The third kappa shape index (κ3) is 3.78. The fourth-order valence-corrected chi connectivity index (χ4v) is 7.23. The maximum atomic E-state index is 12.9. The van der Waals surface area contributed by atoms with Crippen molar-refractivity contribution in [2.45, 2.75) is 62.2 Å². The maximum Gasteiger partial charge on any atom is 0.262 e. The van der Waals surface area contributed by atoms with Gasteiger partial charge in [0.2, 0.25) is 5.91 Å². The monoisotopic (exact) mass is 427 g/mol. The van der Waals surface area contributed by atoms with Gasteiger partial charge in [-0.25, -0.2) is 4.98 Å². The molecule has 0 unspecified atom stereocenters. The second-order valence-electron chi connectivity index (χ2n) is 9.48. The van der Waals surface area contributed by atoms with Gasteiger partial charge in [0, 0.05) is 18.7 Å². The van der Waals surface area contributed by atoms with Gasteiger partial charge in [0.05, 0.1) is 16.7 Å². The minimum absolute atomic E-state index is 0.000236. The van der Waals surface area contributed by atoms with Crippen LogP contribution < -0.4 is 10.9 Å². The largest absolute Gasteiger partial charge is 0.396 e. The first kappa shape index (κ1) is 20.1. The Bertz CT molecular complexity index is 983. The smallest absolute Gasteiger partial charge is 0.262 e. The number of benzene rings is 1. The molecule has 4 bridgehead atoms. The number of hydrogen-bond acceptors (Lipinski definition) is 5. The van der Waals surface area contributed by atoms with Crippen LogP contribution in [-0.4, -0.2) is 38.5 Å². The number of carbonyl (C=O) groups excluding carboxylic acids is 1. The first-order chi connectivity index (χ1) is 14.5. The van der Waals surface area contributed by atoms with E-state index < -0.39 is 0 Å². The van der Waals surface area contributed by atoms with Gasteiger partial charge in [-0.2, -0.15) is 0 Å². The molecule has 2 N–H and O–H groups in total. The van der Waals surface area contributed by atoms with Crippen molar-refractivity contribution in [2.75, 3.05) is 12.4 Å². The lowest BCUT2D eigenvalue weighted by Gasteiger charge is -2.56. The van der Waals surface area contributed by atoms with Crippen LogP contribution in [0, 0.1) is 17.8 Å². The number of nitrogens with zero attached hydrogens (tertiary/aromatic N) is 2. The van der Waals surface area contributed by atoms with Crippen LogP contribution in [0.1, 0.15) is 44.9 Å². The fraction of sp³-hybridized carbons (Fsp3) is 0.609. The van der Waals surface area contributed by atoms with Crippen LogP contribution in [0.15, 0.2) is 34.2 Å². The average molecular weight is 428 g/mol. The summed E-state index contributed by atoms with van der Waals surface area (Å²) >= 11 is 1.32. The third-order valence-corrected chi connectivity index (χ3v) is 8.12. The van der Waals surface area contributed by atoms with Crippen LogP contribution >= 0.6 is 11.8 Å². The summed E-state index contributed by atoms with van der Waals surface area (Å²) in [5.74, 6) is 2.66. The molecule has 6 rings (SSSR count). The van der Waals surface area contributed by atoms with Gasteiger partial charge in [-0.1, -0.05) is 23.9 Å². The summed E-state index contributed by atoms with van der Waals surface area (Å²) in [6.07, 6.45) is 7.92. The van der Waals surface area contributed by atoms with Crippen molar-refractivity contribution in [3.05, 3.63) is 34.6 Å². The van der Waals surface area contributed by atoms with Crippen LogP contribution in [0.25, 0.3) is 10.9 Å². The standard InChI is InChI=1S/C23H29N3O3S/c27-7-3-6-26-21(29)18-4-1-2-5-19(18)24-22(26)30-14-20(28)25-23-11-15-8-16(12-23)10-17(9-15)13-23/h1-2,4-5,15-17,27H,3,6-14H2,(H,25,28). The van der Waals surface area contributed by atoms with E-state index in [1.54, 1.807) is 10.6 Å². The second-order valence-corrected chi connectivity index (χ2v) is 10.4. The molecule has 4 aliphatic rings. The van der Waals surface area contributed by atoms with Gasteiger partial charge < -0.3 is 10.4 Å². The first-order valence-corrected chi connectivity index (χ1v) is 12.1. The van der Waals surface area contributed by atoms with Gasteiger partial charge in [-0.3, -0.25) is 14.2 Å². The Labute approximate surface area is 180 Å². The highest BCUT2D eigenvalue weighted by Gasteiger charge is 2.51. The molecule has 7 heteroatoms. The molecule has 160 valence electrons. The van der Waals surface area contributed by atoms with E-state index in [2.05, 4.69) is 10.3 Å². The first-order valence-electron chi connectivity index (χ1n) is 11.1. The van der Waals surface area contributed by atoms with Crippen molar-refractivity contribution in [1.82, 2.24) is 14.9 Å². The predicted molar refractivity (Wildman–Crippen MR) is 117 cm³/mol. The Hall–Kier alpha value is -1.86. The summed E-state index contributed by atoms with van der Waals surface area (Å²) in [6, 6.07) is 7.29. The molecular weight excluding hydrogens is 398 g/mol. The quantitative estimate of drug-likeness (QED) is 0.524. The highest BCUT2D eigenvalue weighted by molar-refractivity contribution is 7.99. The highest BCUT2D eigenvalue weighted by atomic mass is 32.2. The zero-order chi connectivity index (χ0) is 20.7. The van der Waals surface area contributed by atoms with E-state index in [4.69, 9.17) is 0 Å². The molecule has 0 saturated heterocycles. The van der Waals surface area contributed by atoms with E-state index >= 15 is 0 Å². The summed E-state index contributed by atoms with van der Waals surface area (Å²) < 4.78 is 1.60. The highest BCUT2D eigenvalue weighted by Crippen LogP contribution is 2.55. The number of amides is 1. The molecule has 1 aromatic carbocycles. The number of hydrogen-bond donors (Lipinski definition) is 2. The van der Waals surface area contributed by atoms with Crippen molar-refractivity contribution >= 4 is 28.6 Å². The van der Waals surface area contributed by atoms with Gasteiger partial charge >= 0.3 is 0 Å². The van der Waals surface area contributed by atoms with E-state index in [1.165, 1.54) is 31.0 Å². The number of aromatic nitrogens is 2. The summed E-state index contributed by atoms with van der Waals surface area (Å²) in [5, 5.41) is 13.7. The second kappa shape index (κ2) is 8.00. The maximum absolute atomic E-state index is 12.9. The number of carbonyl (C=O) groups is 1. The topological polar surface area (TPSA) is 84.2 Å². The normalized spacial score (nSPS) is 29.4. The molecule has 4 aliphatic carbocycles. The van der Waals surface area contributed by atoms with Crippen molar-refractivity contribution < 1.29 is 9.90 Å². The fourth-order valence-electron chi connectivity index (χ4n) is 6.41. The van der Waals surface area contributed by atoms with Gasteiger partial charge in [-0.15, -0.1) is 0 Å². The summed E-state index contributed by atoms with van der Waals surface area (Å²) in [4.78, 5) is 30.5. The summed E-state index contributed by atoms with van der Waals surface area (Å²) in [6.45, 7) is 0.405. The van der Waals surface area contributed by atoms with Crippen molar-refractivity contribution in [3.8, 4) is 0 Å².